The van der Waals surface area contributed by atoms with Crippen LogP contribution in [-0.4, -0.2) is 5.78 Å². The number of carbonyl (C=O) groups is 1. The summed E-state index contributed by atoms with van der Waals surface area (Å²) >= 11 is 5.69. The molecule has 12 heavy (non-hydrogen) atoms. The molecular weight excluding hydrogens is 174 g/mol. The minimum atomic E-state index is 0.0818. The van der Waals surface area contributed by atoms with Gasteiger partial charge in [0.15, 0.2) is 5.78 Å². The molecule has 0 bridgehead atoms. The maximum Gasteiger partial charge on any atom is 0.162 e. The lowest BCUT2D eigenvalue weighted by Gasteiger charge is -2.00. The Morgan fingerprint density at radius 3 is 2.75 bits per heavy atom. The standard InChI is InChI=1S/C9H10ClNO/c1-2-9(12)6-3-4-7(10)8(11)5-6/h3-5H,2,11H2,1H3. The zero-order chi connectivity index (χ0) is 9.14. The van der Waals surface area contributed by atoms with Gasteiger partial charge in [0.2, 0.25) is 0 Å². The van der Waals surface area contributed by atoms with Crippen LogP contribution < -0.4 is 5.73 Å². The van der Waals surface area contributed by atoms with Crippen molar-refractivity contribution in [3.05, 3.63) is 28.8 Å². The molecule has 64 valence electrons. The predicted octanol–water partition coefficient (Wildman–Crippen LogP) is 2.51. The molecule has 0 spiro atoms. The van der Waals surface area contributed by atoms with Crippen LogP contribution in [0.3, 0.4) is 0 Å². The highest BCUT2D eigenvalue weighted by atomic mass is 35.5. The smallest absolute Gasteiger partial charge is 0.162 e. The highest BCUT2D eigenvalue weighted by Crippen LogP contribution is 2.19. The van der Waals surface area contributed by atoms with Crippen molar-refractivity contribution >= 4 is 23.1 Å². The van der Waals surface area contributed by atoms with Gasteiger partial charge in [-0.25, -0.2) is 0 Å². The fourth-order valence-electron chi connectivity index (χ4n) is 0.921. The van der Waals surface area contributed by atoms with E-state index in [2.05, 4.69) is 0 Å². The number of ketones is 1. The summed E-state index contributed by atoms with van der Waals surface area (Å²) in [6.07, 6.45) is 0.487. The second-order valence-electron chi connectivity index (χ2n) is 2.51. The van der Waals surface area contributed by atoms with Crippen molar-refractivity contribution in [3.63, 3.8) is 0 Å². The van der Waals surface area contributed by atoms with Gasteiger partial charge in [0.25, 0.3) is 0 Å². The first-order valence-electron chi connectivity index (χ1n) is 3.73. The number of Topliss-reactive ketones (excluding diaryl/α,β-unsaturated/α-hetero) is 1. The molecule has 1 rings (SSSR count). The largest absolute Gasteiger partial charge is 0.398 e. The van der Waals surface area contributed by atoms with E-state index in [-0.39, 0.29) is 5.78 Å². The third-order valence-electron chi connectivity index (χ3n) is 1.64. The number of benzene rings is 1. The minimum Gasteiger partial charge on any atom is -0.398 e. The quantitative estimate of drug-likeness (QED) is 0.566. The minimum absolute atomic E-state index is 0.0818. The number of rotatable bonds is 2. The second kappa shape index (κ2) is 3.59. The van der Waals surface area contributed by atoms with Gasteiger partial charge in [-0.05, 0) is 18.2 Å². The fraction of sp³-hybridized carbons (Fsp3) is 0.222. The SMILES string of the molecule is CCC(=O)c1ccc(Cl)c(N)c1. The third kappa shape index (κ3) is 1.77. The van der Waals surface area contributed by atoms with E-state index in [0.29, 0.717) is 22.7 Å². The van der Waals surface area contributed by atoms with Crippen LogP contribution in [0.15, 0.2) is 18.2 Å². The summed E-state index contributed by atoms with van der Waals surface area (Å²) in [7, 11) is 0. The van der Waals surface area contributed by atoms with E-state index >= 15 is 0 Å². The number of nitrogens with two attached hydrogens (primary N) is 1. The molecule has 3 heteroatoms. The Bertz CT molecular complexity index is 309. The van der Waals surface area contributed by atoms with Gasteiger partial charge in [0.05, 0.1) is 10.7 Å². The van der Waals surface area contributed by atoms with Crippen molar-refractivity contribution in [2.24, 2.45) is 0 Å². The van der Waals surface area contributed by atoms with Crippen LogP contribution in [0, 0.1) is 0 Å². The molecule has 0 atom stereocenters. The number of nitrogen functional groups attached to an aromatic ring is 1. The molecule has 0 aromatic heterocycles. The highest BCUT2D eigenvalue weighted by Gasteiger charge is 2.04. The molecule has 0 unspecified atom stereocenters. The van der Waals surface area contributed by atoms with Crippen LogP contribution >= 0.6 is 11.6 Å². The van der Waals surface area contributed by atoms with Crippen LogP contribution in [0.5, 0.6) is 0 Å². The number of hydrogen-bond donors (Lipinski definition) is 1. The van der Waals surface area contributed by atoms with E-state index in [9.17, 15) is 4.79 Å². The molecule has 0 fully saturated rings. The normalized spacial score (nSPS) is 9.83. The summed E-state index contributed by atoms with van der Waals surface area (Å²) in [5.74, 6) is 0.0818. The molecule has 0 heterocycles. The summed E-state index contributed by atoms with van der Waals surface area (Å²) in [5.41, 5.74) is 6.61. The van der Waals surface area contributed by atoms with Crippen LogP contribution in [0.2, 0.25) is 5.02 Å². The van der Waals surface area contributed by atoms with E-state index in [0.717, 1.165) is 0 Å². The lowest BCUT2D eigenvalue weighted by molar-refractivity contribution is 0.0988. The Morgan fingerprint density at radius 1 is 1.58 bits per heavy atom. The summed E-state index contributed by atoms with van der Waals surface area (Å²) in [4.78, 5) is 11.2. The average Bonchev–Trinajstić information content (AvgIpc) is 2.08. The first-order valence-corrected chi connectivity index (χ1v) is 4.11. The summed E-state index contributed by atoms with van der Waals surface area (Å²) in [6, 6.07) is 4.93. The predicted molar refractivity (Wildman–Crippen MR) is 50.5 cm³/mol. The Morgan fingerprint density at radius 2 is 2.25 bits per heavy atom. The lowest BCUT2D eigenvalue weighted by Crippen LogP contribution is -1.97. The maximum absolute atomic E-state index is 11.2. The molecule has 2 nitrogen and oxygen atoms in total. The van der Waals surface area contributed by atoms with Gasteiger partial charge >= 0.3 is 0 Å². The molecule has 0 radical (unpaired) electrons. The molecule has 0 aliphatic rings. The molecule has 1 aromatic rings. The van der Waals surface area contributed by atoms with Gasteiger partial charge in [-0.2, -0.15) is 0 Å². The van der Waals surface area contributed by atoms with Crippen LogP contribution in [-0.2, 0) is 0 Å². The molecule has 0 amide bonds. The number of anilines is 1. The van der Waals surface area contributed by atoms with Crippen LogP contribution in [0.1, 0.15) is 23.7 Å². The molecular formula is C9H10ClNO. The highest BCUT2D eigenvalue weighted by molar-refractivity contribution is 6.33. The Kier molecular flexibility index (Phi) is 2.71. The first-order chi connectivity index (χ1) is 5.65. The van der Waals surface area contributed by atoms with E-state index in [1.165, 1.54) is 0 Å². The molecule has 0 saturated carbocycles. The van der Waals surface area contributed by atoms with Gasteiger partial charge in [-0.15, -0.1) is 0 Å². The number of halogens is 1. The zero-order valence-electron chi connectivity index (χ0n) is 6.80. The first kappa shape index (κ1) is 9.07. The van der Waals surface area contributed by atoms with Crippen molar-refractivity contribution in [1.29, 1.82) is 0 Å². The Balaban J connectivity index is 3.05. The van der Waals surface area contributed by atoms with E-state index in [1.807, 2.05) is 6.92 Å². The molecule has 1 aromatic carbocycles. The van der Waals surface area contributed by atoms with Crippen LogP contribution in [0.25, 0.3) is 0 Å². The summed E-state index contributed by atoms with van der Waals surface area (Å²) < 4.78 is 0. The van der Waals surface area contributed by atoms with E-state index in [4.69, 9.17) is 17.3 Å². The molecule has 0 aliphatic carbocycles. The van der Waals surface area contributed by atoms with Gasteiger partial charge in [0, 0.05) is 12.0 Å². The average molecular weight is 184 g/mol. The van der Waals surface area contributed by atoms with Gasteiger partial charge in [-0.1, -0.05) is 18.5 Å². The summed E-state index contributed by atoms with van der Waals surface area (Å²) in [6.45, 7) is 1.81. The van der Waals surface area contributed by atoms with Gasteiger partial charge < -0.3 is 5.73 Å². The topological polar surface area (TPSA) is 43.1 Å². The Hall–Kier alpha value is -1.02. The monoisotopic (exact) mass is 183 g/mol. The van der Waals surface area contributed by atoms with Gasteiger partial charge in [0.1, 0.15) is 0 Å². The van der Waals surface area contributed by atoms with Crippen molar-refractivity contribution in [2.75, 3.05) is 5.73 Å². The van der Waals surface area contributed by atoms with Gasteiger partial charge in [-0.3, -0.25) is 4.79 Å². The molecule has 0 saturated heterocycles. The maximum atomic E-state index is 11.2. The second-order valence-corrected chi connectivity index (χ2v) is 2.92. The number of hydrogen-bond acceptors (Lipinski definition) is 2. The molecule has 0 aliphatic heterocycles. The van der Waals surface area contributed by atoms with Crippen molar-refractivity contribution < 1.29 is 4.79 Å². The summed E-state index contributed by atoms with van der Waals surface area (Å²) in [5, 5.41) is 0.489. The number of carbonyl (C=O) groups excluding carboxylic acids is 1. The van der Waals surface area contributed by atoms with Crippen molar-refractivity contribution in [1.82, 2.24) is 0 Å². The fourth-order valence-corrected chi connectivity index (χ4v) is 1.04. The van der Waals surface area contributed by atoms with Crippen molar-refractivity contribution in [2.45, 2.75) is 13.3 Å². The van der Waals surface area contributed by atoms with E-state index in [1.54, 1.807) is 18.2 Å². The van der Waals surface area contributed by atoms with E-state index < -0.39 is 0 Å². The van der Waals surface area contributed by atoms with Crippen LogP contribution in [0.4, 0.5) is 5.69 Å². The lowest BCUT2D eigenvalue weighted by atomic mass is 10.1. The van der Waals surface area contributed by atoms with Crippen molar-refractivity contribution in [3.8, 4) is 0 Å². The molecule has 2 N–H and O–H groups in total. The zero-order valence-corrected chi connectivity index (χ0v) is 7.56. The third-order valence-corrected chi connectivity index (χ3v) is 1.98. The Labute approximate surface area is 76.3 Å².